The molecule has 2 aromatic carbocycles. The van der Waals surface area contributed by atoms with E-state index >= 15 is 0 Å². The fourth-order valence-electron chi connectivity index (χ4n) is 3.55. The maximum atomic E-state index is 12.3. The van der Waals surface area contributed by atoms with Crippen molar-refractivity contribution in [2.24, 2.45) is 0 Å². The molecule has 4 heteroatoms. The molecule has 0 spiro atoms. The van der Waals surface area contributed by atoms with E-state index in [1.807, 2.05) is 43.3 Å². The van der Waals surface area contributed by atoms with Crippen molar-refractivity contribution in [2.75, 3.05) is 0 Å². The van der Waals surface area contributed by atoms with Gasteiger partial charge in [-0.3, -0.25) is 0 Å². The molecule has 0 amide bonds. The first kappa shape index (κ1) is 16.2. The third kappa shape index (κ3) is 3.05. The zero-order chi connectivity index (χ0) is 17.4. The van der Waals surface area contributed by atoms with Gasteiger partial charge in [-0.15, -0.1) is 0 Å². The minimum Gasteiger partial charge on any atom is -0.488 e. The highest BCUT2D eigenvalue weighted by Crippen LogP contribution is 2.35. The van der Waals surface area contributed by atoms with Crippen LogP contribution in [0.15, 0.2) is 45.6 Å². The topological polar surface area (TPSA) is 39.4 Å². The minimum absolute atomic E-state index is 0.204. The highest BCUT2D eigenvalue weighted by molar-refractivity contribution is 6.31. The van der Waals surface area contributed by atoms with Gasteiger partial charge in [0.25, 0.3) is 0 Å². The van der Waals surface area contributed by atoms with E-state index in [-0.39, 0.29) is 5.63 Å². The van der Waals surface area contributed by atoms with Gasteiger partial charge < -0.3 is 9.15 Å². The molecule has 4 rings (SSSR count). The van der Waals surface area contributed by atoms with Crippen molar-refractivity contribution in [1.82, 2.24) is 0 Å². The summed E-state index contributed by atoms with van der Waals surface area (Å²) in [5.41, 5.74) is 4.24. The summed E-state index contributed by atoms with van der Waals surface area (Å²) in [6, 6.07) is 11.6. The molecular formula is C21H19ClO3. The molecule has 0 unspecified atom stereocenters. The molecule has 1 aromatic heterocycles. The molecule has 0 saturated carbocycles. The van der Waals surface area contributed by atoms with E-state index in [1.54, 1.807) is 0 Å². The smallest absolute Gasteiger partial charge is 0.339 e. The Morgan fingerprint density at radius 3 is 2.68 bits per heavy atom. The summed E-state index contributed by atoms with van der Waals surface area (Å²) in [6.07, 6.45) is 3.79. The van der Waals surface area contributed by atoms with Gasteiger partial charge >= 0.3 is 5.63 Å². The van der Waals surface area contributed by atoms with E-state index < -0.39 is 0 Å². The first-order valence-corrected chi connectivity index (χ1v) is 8.96. The molecule has 1 aliphatic carbocycles. The number of benzene rings is 2. The Morgan fingerprint density at radius 2 is 1.88 bits per heavy atom. The molecule has 3 aromatic rings. The highest BCUT2D eigenvalue weighted by atomic mass is 35.5. The molecule has 0 saturated heterocycles. The van der Waals surface area contributed by atoms with Crippen molar-refractivity contribution >= 4 is 22.6 Å². The molecule has 1 aliphatic rings. The normalized spacial score (nSPS) is 13.7. The summed E-state index contributed by atoms with van der Waals surface area (Å²) >= 11 is 6.24. The number of ether oxygens (including phenoxy) is 1. The van der Waals surface area contributed by atoms with Gasteiger partial charge in [-0.05, 0) is 61.9 Å². The second-order valence-corrected chi connectivity index (χ2v) is 6.98. The second kappa shape index (κ2) is 6.57. The lowest BCUT2D eigenvalue weighted by Crippen LogP contribution is -2.16. The number of hydrogen-bond donors (Lipinski definition) is 0. The van der Waals surface area contributed by atoms with E-state index in [1.165, 1.54) is 0 Å². The largest absolute Gasteiger partial charge is 0.488 e. The lowest BCUT2D eigenvalue weighted by atomic mass is 9.90. The lowest BCUT2D eigenvalue weighted by Gasteiger charge is -2.19. The zero-order valence-electron chi connectivity index (χ0n) is 14.1. The van der Waals surface area contributed by atoms with E-state index in [0.717, 1.165) is 59.1 Å². The summed E-state index contributed by atoms with van der Waals surface area (Å²) in [5, 5.41) is 1.62. The van der Waals surface area contributed by atoms with E-state index in [4.69, 9.17) is 20.8 Å². The molecule has 1 heterocycles. The Kier molecular flexibility index (Phi) is 4.26. The number of halogens is 1. The third-order valence-electron chi connectivity index (χ3n) is 4.77. The van der Waals surface area contributed by atoms with Crippen LogP contribution < -0.4 is 10.4 Å². The van der Waals surface area contributed by atoms with Gasteiger partial charge in [-0.25, -0.2) is 4.79 Å². The third-order valence-corrected chi connectivity index (χ3v) is 5.14. The minimum atomic E-state index is -0.204. The highest BCUT2D eigenvalue weighted by Gasteiger charge is 2.21. The van der Waals surface area contributed by atoms with E-state index in [0.29, 0.717) is 17.2 Å². The molecule has 0 N–H and O–H groups in total. The van der Waals surface area contributed by atoms with Crippen LogP contribution >= 0.6 is 11.6 Å². The van der Waals surface area contributed by atoms with Gasteiger partial charge in [0.15, 0.2) is 0 Å². The van der Waals surface area contributed by atoms with Crippen LogP contribution in [0, 0.1) is 6.92 Å². The average Bonchev–Trinajstić information content (AvgIpc) is 2.60. The fourth-order valence-corrected chi connectivity index (χ4v) is 3.74. The maximum absolute atomic E-state index is 12.3. The van der Waals surface area contributed by atoms with Crippen molar-refractivity contribution in [3.05, 3.63) is 74.1 Å². The van der Waals surface area contributed by atoms with Gasteiger partial charge in [0.2, 0.25) is 0 Å². The molecule has 3 nitrogen and oxygen atoms in total. The monoisotopic (exact) mass is 354 g/mol. The molecule has 128 valence electrons. The average molecular weight is 355 g/mol. The predicted octanol–water partition coefficient (Wildman–Crippen LogP) is 5.21. The Balaban J connectivity index is 1.82. The Hall–Kier alpha value is -2.26. The quantitative estimate of drug-likeness (QED) is 0.606. The van der Waals surface area contributed by atoms with Crippen LogP contribution in [0.4, 0.5) is 0 Å². The van der Waals surface area contributed by atoms with Crippen LogP contribution in [0.5, 0.6) is 5.75 Å². The summed E-state index contributed by atoms with van der Waals surface area (Å²) < 4.78 is 11.7. The van der Waals surface area contributed by atoms with Gasteiger partial charge in [0, 0.05) is 16.1 Å². The zero-order valence-corrected chi connectivity index (χ0v) is 14.9. The van der Waals surface area contributed by atoms with Crippen LogP contribution in [0.25, 0.3) is 11.0 Å². The lowest BCUT2D eigenvalue weighted by molar-refractivity contribution is 0.309. The van der Waals surface area contributed by atoms with Crippen LogP contribution in [0.1, 0.15) is 35.1 Å². The van der Waals surface area contributed by atoms with E-state index in [9.17, 15) is 4.79 Å². The Bertz CT molecular complexity index is 1000. The van der Waals surface area contributed by atoms with Crippen molar-refractivity contribution in [1.29, 1.82) is 0 Å². The first-order valence-electron chi connectivity index (χ1n) is 8.59. The predicted molar refractivity (Wildman–Crippen MR) is 99.6 cm³/mol. The number of aryl methyl sites for hydroxylation is 2. The van der Waals surface area contributed by atoms with Crippen LogP contribution in [0.2, 0.25) is 5.02 Å². The van der Waals surface area contributed by atoms with E-state index in [2.05, 4.69) is 0 Å². The molecule has 0 aliphatic heterocycles. The first-order chi connectivity index (χ1) is 12.1. The maximum Gasteiger partial charge on any atom is 0.339 e. The second-order valence-electron chi connectivity index (χ2n) is 6.57. The molecule has 0 fully saturated rings. The van der Waals surface area contributed by atoms with Crippen molar-refractivity contribution in [3.63, 3.8) is 0 Å². The number of fused-ring (bicyclic) bond motifs is 3. The number of hydrogen-bond acceptors (Lipinski definition) is 3. The van der Waals surface area contributed by atoms with Crippen LogP contribution in [0.3, 0.4) is 0 Å². The summed E-state index contributed by atoms with van der Waals surface area (Å²) in [5.74, 6) is 0.761. The summed E-state index contributed by atoms with van der Waals surface area (Å²) in [7, 11) is 0. The molecule has 0 atom stereocenters. The standard InChI is InChI=1S/C21H19ClO3/c1-13-10-18(24-12-14-6-2-5-9-17(14)22)20-15-7-3-4-8-16(15)21(23)25-19(20)11-13/h2,5-6,9-11H,3-4,7-8,12H2,1H3. The van der Waals surface area contributed by atoms with Gasteiger partial charge in [-0.1, -0.05) is 29.8 Å². The summed E-state index contributed by atoms with van der Waals surface area (Å²) in [6.45, 7) is 2.35. The van der Waals surface area contributed by atoms with Gasteiger partial charge in [-0.2, -0.15) is 0 Å². The summed E-state index contributed by atoms with van der Waals surface area (Å²) in [4.78, 5) is 12.3. The Morgan fingerprint density at radius 1 is 1.12 bits per heavy atom. The molecule has 0 radical (unpaired) electrons. The van der Waals surface area contributed by atoms with Crippen LogP contribution in [-0.2, 0) is 19.4 Å². The van der Waals surface area contributed by atoms with Gasteiger partial charge in [0.05, 0.1) is 5.39 Å². The van der Waals surface area contributed by atoms with Crippen LogP contribution in [-0.4, -0.2) is 0 Å². The molecular weight excluding hydrogens is 336 g/mol. The van der Waals surface area contributed by atoms with Crippen molar-refractivity contribution < 1.29 is 9.15 Å². The number of rotatable bonds is 3. The van der Waals surface area contributed by atoms with Gasteiger partial charge in [0.1, 0.15) is 17.9 Å². The Labute approximate surface area is 151 Å². The molecule has 25 heavy (non-hydrogen) atoms. The van der Waals surface area contributed by atoms with Crippen molar-refractivity contribution in [3.8, 4) is 5.75 Å². The molecule has 0 bridgehead atoms. The SMILES string of the molecule is Cc1cc(OCc2ccccc2Cl)c2c3c(c(=O)oc2c1)CCCC3. The fraction of sp³-hybridized carbons (Fsp3) is 0.286. The van der Waals surface area contributed by atoms with Crippen molar-refractivity contribution in [2.45, 2.75) is 39.2 Å².